The van der Waals surface area contributed by atoms with Gasteiger partial charge in [0.2, 0.25) is 0 Å². The molecule has 7 heavy (non-hydrogen) atoms. The van der Waals surface area contributed by atoms with Crippen LogP contribution in [0.3, 0.4) is 0 Å². The molecular formula is C5H8N2. The van der Waals surface area contributed by atoms with Gasteiger partial charge >= 0.3 is 0 Å². The third kappa shape index (κ3) is 5.08. The van der Waals surface area contributed by atoms with Gasteiger partial charge in [-0.05, 0) is 13.0 Å². The number of nitrogens with zero attached hydrogens (tertiary/aromatic N) is 1. The molecule has 2 heteroatoms. The van der Waals surface area contributed by atoms with Gasteiger partial charge in [-0.2, -0.15) is 5.11 Å². The topological polar surface area (TPSA) is 36.2 Å². The molecule has 0 bridgehead atoms. The molecule has 0 atom stereocenters. The van der Waals surface area contributed by atoms with Crippen LogP contribution >= 0.6 is 0 Å². The molecule has 0 aromatic heterocycles. The zero-order valence-corrected chi connectivity index (χ0v) is 4.31. The summed E-state index contributed by atoms with van der Waals surface area (Å²) in [6.45, 7) is 5.41. The highest BCUT2D eigenvalue weighted by Gasteiger charge is 1.66. The van der Waals surface area contributed by atoms with E-state index in [1.165, 1.54) is 6.20 Å². The molecular weight excluding hydrogens is 88.1 g/mol. The smallest absolute Gasteiger partial charge is 0.0491 e. The molecule has 0 heterocycles. The second kappa shape index (κ2) is 3.28. The second-order valence-corrected chi connectivity index (χ2v) is 1.29. The first-order chi connectivity index (χ1) is 3.27. The molecule has 0 saturated heterocycles. The van der Waals surface area contributed by atoms with Gasteiger partial charge in [0.15, 0.2) is 0 Å². The summed E-state index contributed by atoms with van der Waals surface area (Å²) in [6, 6.07) is 0. The summed E-state index contributed by atoms with van der Waals surface area (Å²) in [6.07, 6.45) is 3.06. The van der Waals surface area contributed by atoms with Crippen molar-refractivity contribution in [3.63, 3.8) is 0 Å². The molecule has 38 valence electrons. The van der Waals surface area contributed by atoms with E-state index in [2.05, 4.69) is 11.7 Å². The largest absolute Gasteiger partial charge is 0.205 e. The Balaban J connectivity index is 3.46. The van der Waals surface area contributed by atoms with E-state index >= 15 is 0 Å². The Morgan fingerprint density at radius 1 is 1.86 bits per heavy atom. The monoisotopic (exact) mass is 96.1 g/mol. The number of allylic oxidation sites excluding steroid dienone is 2. The molecule has 0 saturated carbocycles. The third-order valence-electron chi connectivity index (χ3n) is 0.434. The van der Waals surface area contributed by atoms with Crippen molar-refractivity contribution < 1.29 is 0 Å². The Hall–Kier alpha value is -0.920. The quantitative estimate of drug-likeness (QED) is 0.403. The van der Waals surface area contributed by atoms with Crippen LogP contribution in [-0.2, 0) is 0 Å². The Morgan fingerprint density at radius 2 is 2.43 bits per heavy atom. The van der Waals surface area contributed by atoms with Gasteiger partial charge in [0.05, 0.1) is 0 Å². The van der Waals surface area contributed by atoms with Gasteiger partial charge in [0, 0.05) is 6.20 Å². The first kappa shape index (κ1) is 6.08. The van der Waals surface area contributed by atoms with Gasteiger partial charge in [-0.25, -0.2) is 5.53 Å². The van der Waals surface area contributed by atoms with Crippen molar-refractivity contribution in [1.82, 2.24) is 0 Å². The van der Waals surface area contributed by atoms with Crippen LogP contribution in [0.1, 0.15) is 6.92 Å². The molecule has 0 radical (unpaired) electrons. The summed E-state index contributed by atoms with van der Waals surface area (Å²) in [7, 11) is 0. The maximum absolute atomic E-state index is 6.29. The number of hydrogen-bond donors (Lipinski definition) is 1. The summed E-state index contributed by atoms with van der Waals surface area (Å²) in [5, 5.41) is 2.98. The normalized spacial score (nSPS) is 9.29. The summed E-state index contributed by atoms with van der Waals surface area (Å²) < 4.78 is 0. The minimum atomic E-state index is 0.913. The molecule has 0 aromatic carbocycles. The summed E-state index contributed by atoms with van der Waals surface area (Å²) >= 11 is 0. The van der Waals surface area contributed by atoms with E-state index in [4.69, 9.17) is 5.53 Å². The van der Waals surface area contributed by atoms with Crippen molar-refractivity contribution in [1.29, 1.82) is 5.53 Å². The maximum atomic E-state index is 6.29. The number of nitrogens with one attached hydrogen (secondary N) is 1. The lowest BCUT2D eigenvalue weighted by Gasteiger charge is -1.76. The fraction of sp³-hybridized carbons (Fsp3) is 0.200. The summed E-state index contributed by atoms with van der Waals surface area (Å²) in [5.74, 6) is 0. The number of rotatable bonds is 2. The number of hydrogen-bond acceptors (Lipinski definition) is 2. The van der Waals surface area contributed by atoms with Gasteiger partial charge in [0.1, 0.15) is 0 Å². The van der Waals surface area contributed by atoms with Crippen molar-refractivity contribution in [3.05, 3.63) is 24.4 Å². The van der Waals surface area contributed by atoms with Gasteiger partial charge in [-0.3, -0.25) is 0 Å². The second-order valence-electron chi connectivity index (χ2n) is 1.29. The first-order valence-electron chi connectivity index (χ1n) is 1.96. The van der Waals surface area contributed by atoms with E-state index in [9.17, 15) is 0 Å². The van der Waals surface area contributed by atoms with Crippen molar-refractivity contribution >= 4 is 0 Å². The van der Waals surface area contributed by atoms with Crippen LogP contribution in [0, 0.1) is 5.53 Å². The van der Waals surface area contributed by atoms with Gasteiger partial charge in [-0.1, -0.05) is 12.2 Å². The predicted octanol–water partition coefficient (Wildman–Crippen LogP) is 2.11. The standard InChI is InChI=1S/C5H8N2/c1-5(2)3-4-7-6/h3-4,6H,1H2,2H3/b4-3-,7-6?. The molecule has 0 aliphatic heterocycles. The molecule has 0 fully saturated rings. The zero-order chi connectivity index (χ0) is 5.70. The minimum absolute atomic E-state index is 0.913. The van der Waals surface area contributed by atoms with E-state index < -0.39 is 0 Å². The fourth-order valence-electron chi connectivity index (χ4n) is 0.165. The Bertz CT molecular complexity index is 103. The van der Waals surface area contributed by atoms with E-state index in [1.807, 2.05) is 6.92 Å². The molecule has 0 amide bonds. The first-order valence-corrected chi connectivity index (χ1v) is 1.96. The summed E-state index contributed by atoms with van der Waals surface area (Å²) in [5.41, 5.74) is 7.21. The SMILES string of the molecule is C=C(C)/C=C\N=N. The van der Waals surface area contributed by atoms with E-state index in [1.54, 1.807) is 6.08 Å². The predicted molar refractivity (Wildman–Crippen MR) is 29.1 cm³/mol. The molecule has 2 nitrogen and oxygen atoms in total. The highest BCUT2D eigenvalue weighted by molar-refractivity contribution is 5.09. The lowest BCUT2D eigenvalue weighted by Crippen LogP contribution is -1.55. The van der Waals surface area contributed by atoms with Gasteiger partial charge < -0.3 is 0 Å². The molecule has 0 aliphatic carbocycles. The van der Waals surface area contributed by atoms with Crippen LogP contribution in [-0.4, -0.2) is 0 Å². The van der Waals surface area contributed by atoms with Crippen LogP contribution in [0.4, 0.5) is 0 Å². The summed E-state index contributed by atoms with van der Waals surface area (Å²) in [4.78, 5) is 0. The minimum Gasteiger partial charge on any atom is -0.205 e. The van der Waals surface area contributed by atoms with Gasteiger partial charge in [-0.15, -0.1) is 0 Å². The van der Waals surface area contributed by atoms with E-state index in [-0.39, 0.29) is 0 Å². The Morgan fingerprint density at radius 3 is 2.57 bits per heavy atom. The van der Waals surface area contributed by atoms with E-state index in [0.29, 0.717) is 0 Å². The molecule has 0 aliphatic rings. The highest BCUT2D eigenvalue weighted by atomic mass is 14.9. The van der Waals surface area contributed by atoms with Crippen molar-refractivity contribution in [2.75, 3.05) is 0 Å². The maximum Gasteiger partial charge on any atom is 0.0491 e. The molecule has 0 unspecified atom stereocenters. The average molecular weight is 96.1 g/mol. The van der Waals surface area contributed by atoms with E-state index in [0.717, 1.165) is 5.57 Å². The van der Waals surface area contributed by atoms with Crippen molar-refractivity contribution in [2.45, 2.75) is 6.92 Å². The Kier molecular flexibility index (Phi) is 2.85. The zero-order valence-electron chi connectivity index (χ0n) is 4.31. The lowest BCUT2D eigenvalue weighted by atomic mass is 10.3. The van der Waals surface area contributed by atoms with Crippen LogP contribution in [0.2, 0.25) is 0 Å². The molecule has 0 rings (SSSR count). The highest BCUT2D eigenvalue weighted by Crippen LogP contribution is 1.86. The third-order valence-corrected chi connectivity index (χ3v) is 0.434. The van der Waals surface area contributed by atoms with Crippen LogP contribution in [0.5, 0.6) is 0 Å². The lowest BCUT2D eigenvalue weighted by molar-refractivity contribution is 1.14. The molecule has 0 spiro atoms. The average Bonchev–Trinajstić information content (AvgIpc) is 1.61. The molecule has 1 N–H and O–H groups in total. The molecule has 0 aromatic rings. The Labute approximate surface area is 43.1 Å². The van der Waals surface area contributed by atoms with Crippen LogP contribution < -0.4 is 0 Å². The van der Waals surface area contributed by atoms with Crippen molar-refractivity contribution in [2.24, 2.45) is 5.11 Å². The fourth-order valence-corrected chi connectivity index (χ4v) is 0.165. The van der Waals surface area contributed by atoms with Gasteiger partial charge in [0.25, 0.3) is 0 Å². The van der Waals surface area contributed by atoms with Crippen LogP contribution in [0.15, 0.2) is 29.5 Å². The van der Waals surface area contributed by atoms with Crippen molar-refractivity contribution in [3.8, 4) is 0 Å². The van der Waals surface area contributed by atoms with Crippen LogP contribution in [0.25, 0.3) is 0 Å².